The van der Waals surface area contributed by atoms with Crippen molar-refractivity contribution in [1.29, 1.82) is 0 Å². The average molecular weight is 266 g/mol. The number of nitrogens with one attached hydrogen (secondary N) is 1. The molecule has 5 nitrogen and oxygen atoms in total. The van der Waals surface area contributed by atoms with Gasteiger partial charge in [-0.1, -0.05) is 6.92 Å². The van der Waals surface area contributed by atoms with Crippen LogP contribution in [0.3, 0.4) is 0 Å². The molecule has 0 aliphatic heterocycles. The Morgan fingerprint density at radius 2 is 2.26 bits per heavy atom. The van der Waals surface area contributed by atoms with Crippen LogP contribution in [0.4, 0.5) is 10.1 Å². The fraction of sp³-hybridized carbons (Fsp3) is 0.462. The molecule has 0 heterocycles. The van der Waals surface area contributed by atoms with Gasteiger partial charge in [0.1, 0.15) is 0 Å². The second-order valence-corrected chi connectivity index (χ2v) is 4.95. The number of hydrogen-bond acceptors (Lipinski definition) is 3. The van der Waals surface area contributed by atoms with Crippen LogP contribution in [0, 0.1) is 27.8 Å². The first-order valence-corrected chi connectivity index (χ1v) is 6.21. The quantitative estimate of drug-likeness (QED) is 0.657. The van der Waals surface area contributed by atoms with E-state index in [1.807, 2.05) is 0 Å². The SMILES string of the molecule is CC(CNC(=O)c1ccc(F)c([N+](=O)[O-])c1)C1CC1. The number of halogens is 1. The maximum atomic E-state index is 13.1. The second kappa shape index (κ2) is 5.34. The molecule has 1 fully saturated rings. The van der Waals surface area contributed by atoms with Gasteiger partial charge in [-0.2, -0.15) is 4.39 Å². The third-order valence-corrected chi connectivity index (χ3v) is 3.42. The van der Waals surface area contributed by atoms with Crippen LogP contribution in [0.15, 0.2) is 18.2 Å². The lowest BCUT2D eigenvalue weighted by Gasteiger charge is -2.11. The summed E-state index contributed by atoms with van der Waals surface area (Å²) in [7, 11) is 0. The minimum Gasteiger partial charge on any atom is -0.352 e. The summed E-state index contributed by atoms with van der Waals surface area (Å²) in [4.78, 5) is 21.6. The molecule has 1 aliphatic rings. The van der Waals surface area contributed by atoms with Crippen molar-refractivity contribution < 1.29 is 14.1 Å². The van der Waals surface area contributed by atoms with E-state index in [0.717, 1.165) is 12.1 Å². The summed E-state index contributed by atoms with van der Waals surface area (Å²) < 4.78 is 13.1. The maximum absolute atomic E-state index is 13.1. The van der Waals surface area contributed by atoms with Crippen molar-refractivity contribution in [2.45, 2.75) is 19.8 Å². The van der Waals surface area contributed by atoms with Crippen LogP contribution in [0.25, 0.3) is 0 Å². The van der Waals surface area contributed by atoms with Gasteiger partial charge in [0.25, 0.3) is 5.91 Å². The second-order valence-electron chi connectivity index (χ2n) is 4.95. The van der Waals surface area contributed by atoms with Gasteiger partial charge in [0, 0.05) is 18.2 Å². The fourth-order valence-corrected chi connectivity index (χ4v) is 1.98. The first-order chi connectivity index (χ1) is 8.99. The standard InChI is InChI=1S/C13H15FN2O3/c1-8(9-2-3-9)7-15-13(17)10-4-5-11(14)12(6-10)16(18)19/h4-6,8-9H,2-3,7H2,1H3,(H,15,17). The summed E-state index contributed by atoms with van der Waals surface area (Å²) in [6.45, 7) is 2.60. The van der Waals surface area contributed by atoms with Gasteiger partial charge in [-0.05, 0) is 36.8 Å². The summed E-state index contributed by atoms with van der Waals surface area (Å²) in [5.74, 6) is -0.272. The molecule has 2 rings (SSSR count). The fourth-order valence-electron chi connectivity index (χ4n) is 1.98. The van der Waals surface area contributed by atoms with E-state index < -0.39 is 22.3 Å². The largest absolute Gasteiger partial charge is 0.352 e. The molecule has 1 N–H and O–H groups in total. The molecule has 0 spiro atoms. The van der Waals surface area contributed by atoms with E-state index in [4.69, 9.17) is 0 Å². The molecule has 1 aliphatic carbocycles. The number of carbonyl (C=O) groups is 1. The van der Waals surface area contributed by atoms with E-state index in [1.54, 1.807) is 0 Å². The summed E-state index contributed by atoms with van der Waals surface area (Å²) in [5.41, 5.74) is -0.570. The minimum absolute atomic E-state index is 0.107. The Morgan fingerprint density at radius 1 is 1.58 bits per heavy atom. The first-order valence-electron chi connectivity index (χ1n) is 6.21. The van der Waals surface area contributed by atoms with Gasteiger partial charge in [-0.15, -0.1) is 0 Å². The number of carbonyl (C=O) groups excluding carboxylic acids is 1. The summed E-state index contributed by atoms with van der Waals surface area (Å²) >= 11 is 0. The molecular weight excluding hydrogens is 251 g/mol. The molecule has 1 atom stereocenters. The van der Waals surface area contributed by atoms with E-state index in [1.165, 1.54) is 18.9 Å². The van der Waals surface area contributed by atoms with E-state index in [2.05, 4.69) is 12.2 Å². The lowest BCUT2D eigenvalue weighted by atomic mass is 10.1. The van der Waals surface area contributed by atoms with Crippen molar-refractivity contribution in [3.05, 3.63) is 39.7 Å². The number of nitro benzene ring substituents is 1. The van der Waals surface area contributed by atoms with Crippen molar-refractivity contribution in [2.75, 3.05) is 6.54 Å². The highest BCUT2D eigenvalue weighted by Gasteiger charge is 2.28. The zero-order valence-electron chi connectivity index (χ0n) is 10.6. The Morgan fingerprint density at radius 3 is 2.84 bits per heavy atom. The topological polar surface area (TPSA) is 72.2 Å². The molecule has 1 saturated carbocycles. The van der Waals surface area contributed by atoms with Gasteiger partial charge in [-0.25, -0.2) is 0 Å². The molecule has 0 bridgehead atoms. The lowest BCUT2D eigenvalue weighted by Crippen LogP contribution is -2.29. The van der Waals surface area contributed by atoms with Crippen LogP contribution in [-0.4, -0.2) is 17.4 Å². The number of nitrogens with zero attached hydrogens (tertiary/aromatic N) is 1. The lowest BCUT2D eigenvalue weighted by molar-refractivity contribution is -0.387. The minimum atomic E-state index is -0.937. The smallest absolute Gasteiger partial charge is 0.305 e. The summed E-state index contributed by atoms with van der Waals surface area (Å²) in [6.07, 6.45) is 2.39. The van der Waals surface area contributed by atoms with Crippen LogP contribution in [0.5, 0.6) is 0 Å². The molecule has 1 aromatic rings. The maximum Gasteiger partial charge on any atom is 0.305 e. The van der Waals surface area contributed by atoms with Crippen molar-refractivity contribution in [3.8, 4) is 0 Å². The van der Waals surface area contributed by atoms with Gasteiger partial charge in [0.15, 0.2) is 0 Å². The molecule has 19 heavy (non-hydrogen) atoms. The monoisotopic (exact) mass is 266 g/mol. The summed E-state index contributed by atoms with van der Waals surface area (Å²) in [5, 5.41) is 13.3. The third kappa shape index (κ3) is 3.27. The van der Waals surface area contributed by atoms with Crippen molar-refractivity contribution in [3.63, 3.8) is 0 Å². The summed E-state index contributed by atoms with van der Waals surface area (Å²) in [6, 6.07) is 3.16. The zero-order valence-corrected chi connectivity index (χ0v) is 10.6. The van der Waals surface area contributed by atoms with E-state index in [9.17, 15) is 19.3 Å². The average Bonchev–Trinajstić information content (AvgIpc) is 3.20. The van der Waals surface area contributed by atoms with Crippen molar-refractivity contribution >= 4 is 11.6 Å². The van der Waals surface area contributed by atoms with Crippen LogP contribution < -0.4 is 5.32 Å². The number of nitro groups is 1. The van der Waals surface area contributed by atoms with Crippen LogP contribution in [0.1, 0.15) is 30.1 Å². The molecular formula is C13H15FN2O3. The van der Waals surface area contributed by atoms with Gasteiger partial charge in [0.2, 0.25) is 5.82 Å². The van der Waals surface area contributed by atoms with Crippen molar-refractivity contribution in [2.24, 2.45) is 11.8 Å². The molecule has 0 saturated heterocycles. The molecule has 1 unspecified atom stereocenters. The first kappa shape index (κ1) is 13.5. The number of benzene rings is 1. The Labute approximate surface area is 110 Å². The normalized spacial score (nSPS) is 15.9. The van der Waals surface area contributed by atoms with Crippen LogP contribution in [-0.2, 0) is 0 Å². The number of amides is 1. The van der Waals surface area contributed by atoms with Gasteiger partial charge < -0.3 is 5.32 Å². The van der Waals surface area contributed by atoms with E-state index in [-0.39, 0.29) is 5.56 Å². The Hall–Kier alpha value is -1.98. The third-order valence-electron chi connectivity index (χ3n) is 3.42. The molecule has 102 valence electrons. The highest BCUT2D eigenvalue weighted by molar-refractivity contribution is 5.94. The molecule has 0 aromatic heterocycles. The zero-order chi connectivity index (χ0) is 14.0. The highest BCUT2D eigenvalue weighted by atomic mass is 19.1. The predicted octanol–water partition coefficient (Wildman–Crippen LogP) is 2.51. The highest BCUT2D eigenvalue weighted by Crippen LogP contribution is 2.36. The number of hydrogen-bond donors (Lipinski definition) is 1. The molecule has 1 aromatic carbocycles. The molecule has 1 amide bonds. The van der Waals surface area contributed by atoms with E-state index >= 15 is 0 Å². The number of rotatable bonds is 5. The Bertz CT molecular complexity index is 515. The van der Waals surface area contributed by atoms with Gasteiger partial charge >= 0.3 is 5.69 Å². The predicted molar refractivity (Wildman–Crippen MR) is 67.3 cm³/mol. The van der Waals surface area contributed by atoms with Crippen LogP contribution in [0.2, 0.25) is 0 Å². The molecule has 0 radical (unpaired) electrons. The van der Waals surface area contributed by atoms with E-state index in [0.29, 0.717) is 18.4 Å². The van der Waals surface area contributed by atoms with Gasteiger partial charge in [0.05, 0.1) is 4.92 Å². The Kier molecular flexibility index (Phi) is 3.78. The molecule has 6 heteroatoms. The van der Waals surface area contributed by atoms with Crippen molar-refractivity contribution in [1.82, 2.24) is 5.32 Å². The van der Waals surface area contributed by atoms with Gasteiger partial charge in [-0.3, -0.25) is 14.9 Å². The Balaban J connectivity index is 2.02. The van der Waals surface area contributed by atoms with Crippen LogP contribution >= 0.6 is 0 Å².